The Morgan fingerprint density at radius 3 is 2.43 bits per heavy atom. The smallest absolute Gasteiger partial charge is 0.0171 e. The molecule has 40 valence electrons. The molecule has 0 aliphatic carbocycles. The molecule has 0 radical (unpaired) electrons. The van der Waals surface area contributed by atoms with Gasteiger partial charge >= 0.3 is 0 Å². The average Bonchev–Trinajstić information content (AvgIpc) is 1.68. The van der Waals surface area contributed by atoms with Crippen LogP contribution < -0.4 is 0 Å². The summed E-state index contributed by atoms with van der Waals surface area (Å²) >= 11 is 0. The Morgan fingerprint density at radius 2 is 2.29 bits per heavy atom. The van der Waals surface area contributed by atoms with E-state index in [1.54, 1.807) is 0 Å². The number of hydrogen-bond acceptors (Lipinski definition) is 0. The molecule has 0 aromatic rings. The second kappa shape index (κ2) is 3.74. The van der Waals surface area contributed by atoms with Crippen LogP contribution in [0.1, 0.15) is 26.7 Å². The summed E-state index contributed by atoms with van der Waals surface area (Å²) in [4.78, 5) is 0. The van der Waals surface area contributed by atoms with E-state index in [1.807, 2.05) is 0 Å². The molecule has 0 bridgehead atoms. The first-order valence-corrected chi connectivity index (χ1v) is 2.77. The lowest BCUT2D eigenvalue weighted by molar-refractivity contribution is 0.654. The fraction of sp³-hybridized carbons (Fsp3) is 0.714. The Bertz CT molecular complexity index is 66.6. The van der Waals surface area contributed by atoms with Gasteiger partial charge in [0.1, 0.15) is 0 Å². The van der Waals surface area contributed by atoms with Gasteiger partial charge in [-0.2, -0.15) is 0 Å². The van der Waals surface area contributed by atoms with E-state index in [4.69, 9.17) is 6.42 Å². The molecule has 0 nitrogen and oxygen atoms in total. The van der Waals surface area contributed by atoms with E-state index in [-0.39, 0.29) is 0 Å². The standard InChI is InChI=1S/C7H12/c1-4-6-7(3)5-2/h2,7H,4,6H2,1,3H3/t7-/m0/s1. The first-order chi connectivity index (χ1) is 3.31. The molecule has 0 aliphatic rings. The third-order valence-electron chi connectivity index (χ3n) is 1.01. The van der Waals surface area contributed by atoms with Crippen LogP contribution in [0.5, 0.6) is 0 Å². The van der Waals surface area contributed by atoms with Crippen LogP contribution in [-0.4, -0.2) is 0 Å². The van der Waals surface area contributed by atoms with Gasteiger partial charge in [0.05, 0.1) is 0 Å². The molecule has 0 spiro atoms. The predicted octanol–water partition coefficient (Wildman–Crippen LogP) is 2.06. The summed E-state index contributed by atoms with van der Waals surface area (Å²) in [5.41, 5.74) is 0. The van der Waals surface area contributed by atoms with Gasteiger partial charge in [0, 0.05) is 5.92 Å². The van der Waals surface area contributed by atoms with Crippen molar-refractivity contribution >= 4 is 0 Å². The summed E-state index contributed by atoms with van der Waals surface area (Å²) in [6, 6.07) is 0. The molecule has 0 N–H and O–H groups in total. The number of hydrogen-bond donors (Lipinski definition) is 0. The molecule has 1 atom stereocenters. The summed E-state index contributed by atoms with van der Waals surface area (Å²) in [5, 5.41) is 0. The normalized spacial score (nSPS) is 12.7. The van der Waals surface area contributed by atoms with Gasteiger partial charge in [-0.05, 0) is 6.42 Å². The maximum atomic E-state index is 5.11. The van der Waals surface area contributed by atoms with E-state index < -0.39 is 0 Å². The Morgan fingerprint density at radius 1 is 1.71 bits per heavy atom. The molecule has 0 heteroatoms. The Labute approximate surface area is 45.9 Å². The quantitative estimate of drug-likeness (QED) is 0.461. The van der Waals surface area contributed by atoms with Crippen LogP contribution in [0.3, 0.4) is 0 Å². The van der Waals surface area contributed by atoms with Crippen LogP contribution in [0, 0.1) is 18.3 Å². The topological polar surface area (TPSA) is 0 Å². The van der Waals surface area contributed by atoms with Crippen LogP contribution >= 0.6 is 0 Å². The third kappa shape index (κ3) is 3.39. The zero-order chi connectivity index (χ0) is 5.70. The molecule has 0 aromatic carbocycles. The summed E-state index contributed by atoms with van der Waals surface area (Å²) < 4.78 is 0. The Hall–Kier alpha value is -0.440. The lowest BCUT2D eigenvalue weighted by Gasteiger charge is -1.95. The van der Waals surface area contributed by atoms with Gasteiger partial charge in [0.2, 0.25) is 0 Å². The first-order valence-electron chi connectivity index (χ1n) is 2.77. The molecule has 0 amide bonds. The van der Waals surface area contributed by atoms with E-state index in [2.05, 4.69) is 19.8 Å². The molecule has 0 aliphatic heterocycles. The fourth-order valence-corrected chi connectivity index (χ4v) is 0.516. The maximum absolute atomic E-state index is 5.11. The molecular weight excluding hydrogens is 84.1 g/mol. The van der Waals surface area contributed by atoms with Gasteiger partial charge in [0.25, 0.3) is 0 Å². The molecule has 0 saturated heterocycles. The molecule has 0 rings (SSSR count). The highest BCUT2D eigenvalue weighted by Crippen LogP contribution is 2.00. The van der Waals surface area contributed by atoms with Gasteiger partial charge in [-0.15, -0.1) is 12.3 Å². The maximum Gasteiger partial charge on any atom is 0.0171 e. The van der Waals surface area contributed by atoms with Crippen molar-refractivity contribution in [2.45, 2.75) is 26.7 Å². The van der Waals surface area contributed by atoms with Crippen LogP contribution in [0.15, 0.2) is 0 Å². The fourth-order valence-electron chi connectivity index (χ4n) is 0.516. The molecule has 0 fully saturated rings. The minimum absolute atomic E-state index is 0.477. The summed E-state index contributed by atoms with van der Waals surface area (Å²) in [5.74, 6) is 3.14. The van der Waals surface area contributed by atoms with E-state index >= 15 is 0 Å². The monoisotopic (exact) mass is 96.1 g/mol. The van der Waals surface area contributed by atoms with Gasteiger partial charge < -0.3 is 0 Å². The molecule has 0 aromatic heterocycles. The highest BCUT2D eigenvalue weighted by molar-refractivity contribution is 4.89. The Kier molecular flexibility index (Phi) is 3.50. The summed E-state index contributed by atoms with van der Waals surface area (Å²) in [6.45, 7) is 4.22. The molecular formula is C7H12. The minimum atomic E-state index is 0.477. The van der Waals surface area contributed by atoms with Crippen LogP contribution in [-0.2, 0) is 0 Å². The average molecular weight is 96.2 g/mol. The van der Waals surface area contributed by atoms with Crippen LogP contribution in [0.4, 0.5) is 0 Å². The highest BCUT2D eigenvalue weighted by Gasteiger charge is 1.89. The second-order valence-electron chi connectivity index (χ2n) is 1.86. The van der Waals surface area contributed by atoms with E-state index in [0.29, 0.717) is 5.92 Å². The third-order valence-corrected chi connectivity index (χ3v) is 1.01. The van der Waals surface area contributed by atoms with Crippen LogP contribution in [0.2, 0.25) is 0 Å². The van der Waals surface area contributed by atoms with Crippen molar-refractivity contribution in [3.05, 3.63) is 0 Å². The predicted molar refractivity (Wildman–Crippen MR) is 32.9 cm³/mol. The zero-order valence-electron chi connectivity index (χ0n) is 5.07. The van der Waals surface area contributed by atoms with E-state index in [0.717, 1.165) is 6.42 Å². The summed E-state index contributed by atoms with van der Waals surface area (Å²) in [7, 11) is 0. The van der Waals surface area contributed by atoms with Crippen molar-refractivity contribution in [3.8, 4) is 12.3 Å². The van der Waals surface area contributed by atoms with Crippen molar-refractivity contribution in [2.75, 3.05) is 0 Å². The van der Waals surface area contributed by atoms with Gasteiger partial charge in [0.15, 0.2) is 0 Å². The summed E-state index contributed by atoms with van der Waals surface area (Å²) in [6.07, 6.45) is 7.47. The second-order valence-corrected chi connectivity index (χ2v) is 1.86. The van der Waals surface area contributed by atoms with Crippen molar-refractivity contribution in [1.29, 1.82) is 0 Å². The minimum Gasteiger partial charge on any atom is -0.120 e. The van der Waals surface area contributed by atoms with Crippen molar-refractivity contribution in [2.24, 2.45) is 5.92 Å². The molecule has 7 heavy (non-hydrogen) atoms. The van der Waals surface area contributed by atoms with Crippen molar-refractivity contribution < 1.29 is 0 Å². The van der Waals surface area contributed by atoms with E-state index in [1.165, 1.54) is 6.42 Å². The number of terminal acetylenes is 1. The molecule has 0 heterocycles. The largest absolute Gasteiger partial charge is 0.120 e. The van der Waals surface area contributed by atoms with Crippen molar-refractivity contribution in [1.82, 2.24) is 0 Å². The van der Waals surface area contributed by atoms with Gasteiger partial charge in [-0.1, -0.05) is 20.3 Å². The number of rotatable bonds is 2. The van der Waals surface area contributed by atoms with Gasteiger partial charge in [-0.3, -0.25) is 0 Å². The zero-order valence-corrected chi connectivity index (χ0v) is 5.07. The highest BCUT2D eigenvalue weighted by atomic mass is 13.9. The first kappa shape index (κ1) is 6.56. The molecule has 0 saturated carbocycles. The SMILES string of the molecule is C#C[C@H](C)CCC. The lowest BCUT2D eigenvalue weighted by Crippen LogP contribution is -1.85. The molecule has 0 unspecified atom stereocenters. The lowest BCUT2D eigenvalue weighted by atomic mass is 10.1. The van der Waals surface area contributed by atoms with Gasteiger partial charge in [-0.25, -0.2) is 0 Å². The Balaban J connectivity index is 3.04. The van der Waals surface area contributed by atoms with Crippen molar-refractivity contribution in [3.63, 3.8) is 0 Å². The van der Waals surface area contributed by atoms with E-state index in [9.17, 15) is 0 Å². The van der Waals surface area contributed by atoms with Crippen LogP contribution in [0.25, 0.3) is 0 Å².